The quantitative estimate of drug-likeness (QED) is 0.439. The molecule has 0 saturated heterocycles. The van der Waals surface area contributed by atoms with Gasteiger partial charge in [-0.1, -0.05) is 71.7 Å². The van der Waals surface area contributed by atoms with Crippen LogP contribution in [0.2, 0.25) is 10.0 Å². The van der Waals surface area contributed by atoms with Gasteiger partial charge in [0.2, 0.25) is 15.9 Å². The molecule has 1 N–H and O–H groups in total. The van der Waals surface area contributed by atoms with Crippen molar-refractivity contribution in [1.82, 2.24) is 9.62 Å². The molecule has 0 aromatic heterocycles. The maximum Gasteiger partial charge on any atom is 0.245 e. The van der Waals surface area contributed by atoms with E-state index >= 15 is 0 Å². The molecule has 0 unspecified atom stereocenters. The summed E-state index contributed by atoms with van der Waals surface area (Å²) in [5, 5.41) is 3.11. The lowest BCUT2D eigenvalue weighted by molar-refractivity contribution is -0.122. The molecule has 174 valence electrons. The highest BCUT2D eigenvalue weighted by Crippen LogP contribution is 2.29. The Morgan fingerprint density at radius 2 is 1.70 bits per heavy atom. The van der Waals surface area contributed by atoms with Crippen LogP contribution >= 0.6 is 23.2 Å². The zero-order valence-electron chi connectivity index (χ0n) is 18.2. The Morgan fingerprint density at radius 1 is 1.03 bits per heavy atom. The summed E-state index contributed by atoms with van der Waals surface area (Å²) in [6.45, 7) is 1.39. The van der Waals surface area contributed by atoms with Gasteiger partial charge in [0.1, 0.15) is 10.6 Å². The molecule has 1 atom stereocenters. The number of carbonyl (C=O) groups excluding carboxylic acids is 1. The third kappa shape index (κ3) is 6.26. The van der Waals surface area contributed by atoms with Crippen molar-refractivity contribution in [2.75, 3.05) is 13.7 Å². The van der Waals surface area contributed by atoms with Crippen LogP contribution in [0.1, 0.15) is 24.1 Å². The highest BCUT2D eigenvalue weighted by molar-refractivity contribution is 7.89. The van der Waals surface area contributed by atoms with Gasteiger partial charge in [0.15, 0.2) is 0 Å². The number of carbonyl (C=O) groups is 1. The number of nitrogens with zero attached hydrogens (tertiary/aromatic N) is 1. The number of rotatable bonds is 9. The van der Waals surface area contributed by atoms with Crippen LogP contribution in [0.4, 0.5) is 0 Å². The molecular weight excluding hydrogens is 483 g/mol. The van der Waals surface area contributed by atoms with E-state index in [2.05, 4.69) is 5.32 Å². The summed E-state index contributed by atoms with van der Waals surface area (Å²) in [5.41, 5.74) is 1.51. The SMILES string of the molecule is COc1ccccc1[C@@H](C)NC(=O)CN(Cc1ccccc1)S(=O)(=O)c1cc(Cl)ccc1Cl. The van der Waals surface area contributed by atoms with Crippen molar-refractivity contribution < 1.29 is 17.9 Å². The van der Waals surface area contributed by atoms with Crippen molar-refractivity contribution in [3.05, 3.63) is 94.0 Å². The van der Waals surface area contributed by atoms with Gasteiger partial charge in [-0.25, -0.2) is 8.42 Å². The molecule has 3 rings (SSSR count). The van der Waals surface area contributed by atoms with E-state index in [4.69, 9.17) is 27.9 Å². The molecule has 0 bridgehead atoms. The Bertz CT molecular complexity index is 1220. The highest BCUT2D eigenvalue weighted by atomic mass is 35.5. The van der Waals surface area contributed by atoms with E-state index in [1.54, 1.807) is 44.4 Å². The predicted octanol–water partition coefficient (Wildman–Crippen LogP) is 5.07. The highest BCUT2D eigenvalue weighted by Gasteiger charge is 2.29. The number of methoxy groups -OCH3 is 1. The second-order valence-electron chi connectivity index (χ2n) is 7.36. The van der Waals surface area contributed by atoms with Crippen LogP contribution < -0.4 is 10.1 Å². The van der Waals surface area contributed by atoms with Gasteiger partial charge in [-0.05, 0) is 36.8 Å². The van der Waals surface area contributed by atoms with E-state index in [0.29, 0.717) is 5.75 Å². The lowest BCUT2D eigenvalue weighted by Gasteiger charge is -2.24. The number of benzene rings is 3. The summed E-state index contributed by atoms with van der Waals surface area (Å²) in [6.07, 6.45) is 0. The molecule has 1 amide bonds. The van der Waals surface area contributed by atoms with Crippen LogP contribution in [0.5, 0.6) is 5.75 Å². The van der Waals surface area contributed by atoms with Crippen molar-refractivity contribution in [2.45, 2.75) is 24.4 Å². The minimum absolute atomic E-state index is 0.0114. The Kier molecular flexibility index (Phi) is 8.37. The van der Waals surface area contributed by atoms with E-state index in [1.807, 2.05) is 24.3 Å². The van der Waals surface area contributed by atoms with Crippen LogP contribution in [0.3, 0.4) is 0 Å². The van der Waals surface area contributed by atoms with E-state index < -0.39 is 28.5 Å². The van der Waals surface area contributed by atoms with Crippen molar-refractivity contribution >= 4 is 39.1 Å². The lowest BCUT2D eigenvalue weighted by atomic mass is 10.1. The van der Waals surface area contributed by atoms with Crippen LogP contribution in [-0.2, 0) is 21.4 Å². The maximum absolute atomic E-state index is 13.5. The third-order valence-corrected chi connectivity index (χ3v) is 7.52. The number of hydrogen-bond acceptors (Lipinski definition) is 4. The summed E-state index contributed by atoms with van der Waals surface area (Å²) in [6, 6.07) is 20.1. The molecular formula is C24H24Cl2N2O4S. The number of amides is 1. The first-order valence-corrected chi connectivity index (χ1v) is 12.3. The smallest absolute Gasteiger partial charge is 0.245 e. The second kappa shape index (κ2) is 11.0. The van der Waals surface area contributed by atoms with Crippen LogP contribution in [0, 0.1) is 0 Å². The molecule has 3 aromatic carbocycles. The van der Waals surface area contributed by atoms with E-state index in [1.165, 1.54) is 18.2 Å². The Hall–Kier alpha value is -2.58. The molecule has 0 aliphatic heterocycles. The normalized spacial score (nSPS) is 12.4. The first kappa shape index (κ1) is 25.1. The van der Waals surface area contributed by atoms with Gasteiger partial charge in [0.25, 0.3) is 0 Å². The fraction of sp³-hybridized carbons (Fsp3) is 0.208. The summed E-state index contributed by atoms with van der Waals surface area (Å²) in [7, 11) is -2.58. The maximum atomic E-state index is 13.5. The van der Waals surface area contributed by atoms with Gasteiger partial charge in [-0.15, -0.1) is 0 Å². The van der Waals surface area contributed by atoms with Gasteiger partial charge in [-0.2, -0.15) is 4.31 Å². The number of para-hydroxylation sites is 1. The molecule has 0 fully saturated rings. The minimum Gasteiger partial charge on any atom is -0.496 e. The topological polar surface area (TPSA) is 75.7 Å². The van der Waals surface area contributed by atoms with Crippen LogP contribution in [0.25, 0.3) is 0 Å². The second-order valence-corrected chi connectivity index (χ2v) is 10.1. The number of hydrogen-bond donors (Lipinski definition) is 1. The fourth-order valence-corrected chi connectivity index (χ4v) is 5.50. The Morgan fingerprint density at radius 3 is 2.39 bits per heavy atom. The monoisotopic (exact) mass is 506 g/mol. The van der Waals surface area contributed by atoms with Gasteiger partial charge >= 0.3 is 0 Å². The molecule has 0 spiro atoms. The third-order valence-electron chi connectivity index (χ3n) is 5.02. The first-order chi connectivity index (χ1) is 15.7. The summed E-state index contributed by atoms with van der Waals surface area (Å²) in [5.74, 6) is 0.163. The number of halogens is 2. The fourth-order valence-electron chi connectivity index (χ4n) is 3.38. The van der Waals surface area contributed by atoms with Gasteiger partial charge in [-0.3, -0.25) is 4.79 Å². The molecule has 0 aliphatic carbocycles. The zero-order chi connectivity index (χ0) is 24.0. The molecule has 9 heteroatoms. The van der Waals surface area contributed by atoms with Gasteiger partial charge in [0, 0.05) is 17.1 Å². The van der Waals surface area contributed by atoms with E-state index in [-0.39, 0.29) is 21.5 Å². The molecule has 0 radical (unpaired) electrons. The van der Waals surface area contributed by atoms with Crippen LogP contribution in [-0.4, -0.2) is 32.3 Å². The van der Waals surface area contributed by atoms with Crippen molar-refractivity contribution in [1.29, 1.82) is 0 Å². The van der Waals surface area contributed by atoms with E-state index in [9.17, 15) is 13.2 Å². The molecule has 3 aromatic rings. The first-order valence-electron chi connectivity index (χ1n) is 10.1. The number of ether oxygens (including phenoxy) is 1. The van der Waals surface area contributed by atoms with Crippen molar-refractivity contribution in [3.8, 4) is 5.75 Å². The molecule has 0 heterocycles. The van der Waals surface area contributed by atoms with Crippen molar-refractivity contribution in [3.63, 3.8) is 0 Å². The summed E-state index contributed by atoms with van der Waals surface area (Å²) >= 11 is 12.2. The number of sulfonamides is 1. The predicted molar refractivity (Wildman–Crippen MR) is 130 cm³/mol. The lowest BCUT2D eigenvalue weighted by Crippen LogP contribution is -2.41. The largest absolute Gasteiger partial charge is 0.496 e. The Balaban J connectivity index is 1.88. The molecule has 6 nitrogen and oxygen atoms in total. The standard InChI is InChI=1S/C24H24Cl2N2O4S/c1-17(20-10-6-7-11-22(20)32-2)27-24(29)16-28(15-18-8-4-3-5-9-18)33(30,31)23-14-19(25)12-13-21(23)26/h3-14,17H,15-16H2,1-2H3,(H,27,29)/t17-/m1/s1. The molecule has 0 aliphatic rings. The average Bonchev–Trinajstić information content (AvgIpc) is 2.80. The average molecular weight is 507 g/mol. The zero-order valence-corrected chi connectivity index (χ0v) is 20.5. The van der Waals surface area contributed by atoms with Crippen molar-refractivity contribution in [2.24, 2.45) is 0 Å². The van der Waals surface area contributed by atoms with Gasteiger partial charge < -0.3 is 10.1 Å². The van der Waals surface area contributed by atoms with Crippen LogP contribution in [0.15, 0.2) is 77.7 Å². The number of nitrogens with one attached hydrogen (secondary N) is 1. The van der Waals surface area contributed by atoms with E-state index in [0.717, 1.165) is 15.4 Å². The minimum atomic E-state index is -4.13. The van der Waals surface area contributed by atoms with Gasteiger partial charge in [0.05, 0.1) is 24.7 Å². The molecule has 33 heavy (non-hydrogen) atoms. The Labute approximate surface area is 204 Å². The summed E-state index contributed by atoms with van der Waals surface area (Å²) < 4.78 is 33.4. The molecule has 0 saturated carbocycles. The summed E-state index contributed by atoms with van der Waals surface area (Å²) in [4.78, 5) is 12.8.